The molecule has 1 aromatic heterocycles. The molecule has 0 saturated carbocycles. The Morgan fingerprint density at radius 3 is 3.05 bits per heavy atom. The first-order valence-corrected chi connectivity index (χ1v) is 7.07. The van der Waals surface area contributed by atoms with E-state index in [1.165, 1.54) is 4.57 Å². The van der Waals surface area contributed by atoms with Crippen molar-refractivity contribution in [3.8, 4) is 0 Å². The van der Waals surface area contributed by atoms with Gasteiger partial charge in [-0.3, -0.25) is 4.79 Å². The van der Waals surface area contributed by atoms with Crippen LogP contribution in [-0.2, 0) is 7.05 Å². The summed E-state index contributed by atoms with van der Waals surface area (Å²) >= 11 is 0. The first-order chi connectivity index (χ1) is 9.62. The molecule has 6 nitrogen and oxygen atoms in total. The van der Waals surface area contributed by atoms with Gasteiger partial charge in [-0.25, -0.2) is 4.79 Å². The zero-order valence-electron chi connectivity index (χ0n) is 11.7. The predicted octanol–water partition coefficient (Wildman–Crippen LogP) is 0.745. The summed E-state index contributed by atoms with van der Waals surface area (Å²) in [5.74, 6) is 0. The van der Waals surface area contributed by atoms with E-state index < -0.39 is 0 Å². The summed E-state index contributed by atoms with van der Waals surface area (Å²) < 4.78 is 1.46. The standard InChI is InChI=1S/C14H20N4O2/c1-17-8-2-4-11(12(17)19)16-13(20)18-9-3-5-14(18)6-7-15-10-14/h2,4,8,15H,3,5-7,9-10H2,1H3,(H,16,20). The molecular weight excluding hydrogens is 256 g/mol. The molecule has 2 N–H and O–H groups in total. The summed E-state index contributed by atoms with van der Waals surface area (Å²) in [4.78, 5) is 26.3. The van der Waals surface area contributed by atoms with Crippen molar-refractivity contribution in [3.05, 3.63) is 28.7 Å². The average Bonchev–Trinajstić information content (AvgIpc) is 3.06. The van der Waals surface area contributed by atoms with Gasteiger partial charge < -0.3 is 20.1 Å². The van der Waals surface area contributed by atoms with Crippen molar-refractivity contribution in [2.75, 3.05) is 25.0 Å². The third-order valence-corrected chi connectivity index (χ3v) is 4.43. The van der Waals surface area contributed by atoms with Gasteiger partial charge in [0.2, 0.25) is 0 Å². The van der Waals surface area contributed by atoms with Gasteiger partial charge in [0.05, 0.1) is 5.54 Å². The average molecular weight is 276 g/mol. The van der Waals surface area contributed by atoms with E-state index >= 15 is 0 Å². The smallest absolute Gasteiger partial charge is 0.318 e. The van der Waals surface area contributed by atoms with Crippen LogP contribution in [0.3, 0.4) is 0 Å². The molecule has 20 heavy (non-hydrogen) atoms. The monoisotopic (exact) mass is 276 g/mol. The molecule has 1 atom stereocenters. The number of urea groups is 1. The number of nitrogens with one attached hydrogen (secondary N) is 2. The van der Waals surface area contributed by atoms with Crippen molar-refractivity contribution >= 4 is 11.7 Å². The summed E-state index contributed by atoms with van der Waals surface area (Å²) in [6, 6.07) is 3.25. The van der Waals surface area contributed by atoms with E-state index in [4.69, 9.17) is 0 Å². The molecular formula is C14H20N4O2. The minimum Gasteiger partial charge on any atom is -0.318 e. The maximum atomic E-state index is 12.5. The van der Waals surface area contributed by atoms with Gasteiger partial charge in [0.15, 0.2) is 0 Å². The van der Waals surface area contributed by atoms with E-state index in [0.29, 0.717) is 5.69 Å². The second kappa shape index (κ2) is 4.94. The van der Waals surface area contributed by atoms with E-state index in [9.17, 15) is 9.59 Å². The zero-order valence-corrected chi connectivity index (χ0v) is 11.7. The summed E-state index contributed by atoms with van der Waals surface area (Å²) in [5.41, 5.74) is 0.107. The lowest BCUT2D eigenvalue weighted by Crippen LogP contribution is -2.50. The zero-order chi connectivity index (χ0) is 14.2. The quantitative estimate of drug-likeness (QED) is 0.795. The molecule has 0 radical (unpaired) electrons. The third kappa shape index (κ3) is 2.10. The van der Waals surface area contributed by atoms with E-state index in [2.05, 4.69) is 10.6 Å². The van der Waals surface area contributed by atoms with Crippen LogP contribution >= 0.6 is 0 Å². The van der Waals surface area contributed by atoms with E-state index in [1.54, 1.807) is 25.4 Å². The molecule has 0 aliphatic carbocycles. The van der Waals surface area contributed by atoms with Gasteiger partial charge in [-0.2, -0.15) is 0 Å². The van der Waals surface area contributed by atoms with E-state index in [-0.39, 0.29) is 17.1 Å². The lowest BCUT2D eigenvalue weighted by atomic mass is 9.95. The molecule has 2 aliphatic heterocycles. The van der Waals surface area contributed by atoms with E-state index in [1.807, 2.05) is 4.90 Å². The van der Waals surface area contributed by atoms with Gasteiger partial charge in [-0.1, -0.05) is 0 Å². The van der Waals surface area contributed by atoms with Crippen LogP contribution in [0.4, 0.5) is 10.5 Å². The highest BCUT2D eigenvalue weighted by atomic mass is 16.2. The Kier molecular flexibility index (Phi) is 3.25. The van der Waals surface area contributed by atoms with Gasteiger partial charge in [0.1, 0.15) is 5.69 Å². The number of likely N-dealkylation sites (tertiary alicyclic amines) is 1. The van der Waals surface area contributed by atoms with Crippen LogP contribution in [0.15, 0.2) is 23.1 Å². The Hall–Kier alpha value is -1.82. The van der Waals surface area contributed by atoms with Crippen LogP contribution in [-0.4, -0.2) is 40.7 Å². The summed E-state index contributed by atoms with van der Waals surface area (Å²) in [7, 11) is 1.68. The molecule has 1 aromatic rings. The number of hydrogen-bond acceptors (Lipinski definition) is 3. The maximum Gasteiger partial charge on any atom is 0.322 e. The minimum atomic E-state index is -0.182. The molecule has 6 heteroatoms. The Labute approximate surface area is 117 Å². The van der Waals surface area contributed by atoms with Crippen molar-refractivity contribution in [3.63, 3.8) is 0 Å². The number of hydrogen-bond donors (Lipinski definition) is 2. The van der Waals surface area contributed by atoms with Gasteiger partial charge in [0.25, 0.3) is 5.56 Å². The van der Waals surface area contributed by atoms with Crippen molar-refractivity contribution in [1.29, 1.82) is 0 Å². The molecule has 2 aliphatic rings. The Morgan fingerprint density at radius 2 is 2.30 bits per heavy atom. The van der Waals surface area contributed by atoms with Crippen LogP contribution < -0.4 is 16.2 Å². The number of amides is 2. The summed E-state index contributed by atoms with van der Waals surface area (Å²) in [5, 5.41) is 6.11. The number of pyridine rings is 1. The first-order valence-electron chi connectivity index (χ1n) is 7.07. The lowest BCUT2D eigenvalue weighted by Gasteiger charge is -2.34. The van der Waals surface area contributed by atoms with Crippen LogP contribution in [0.1, 0.15) is 19.3 Å². The molecule has 2 amide bonds. The van der Waals surface area contributed by atoms with Crippen molar-refractivity contribution < 1.29 is 4.79 Å². The van der Waals surface area contributed by atoms with Crippen LogP contribution in [0.25, 0.3) is 0 Å². The lowest BCUT2D eigenvalue weighted by molar-refractivity contribution is 0.168. The second-order valence-corrected chi connectivity index (χ2v) is 5.67. The Morgan fingerprint density at radius 1 is 1.45 bits per heavy atom. The number of aromatic nitrogens is 1. The number of carbonyl (C=O) groups is 1. The molecule has 3 rings (SSSR count). The number of rotatable bonds is 1. The molecule has 2 fully saturated rings. The number of carbonyl (C=O) groups excluding carboxylic acids is 1. The van der Waals surface area contributed by atoms with Gasteiger partial charge in [0, 0.05) is 26.3 Å². The number of anilines is 1. The molecule has 3 heterocycles. The predicted molar refractivity (Wildman–Crippen MR) is 76.9 cm³/mol. The van der Waals surface area contributed by atoms with Crippen molar-refractivity contribution in [1.82, 2.24) is 14.8 Å². The van der Waals surface area contributed by atoms with Gasteiger partial charge in [-0.05, 0) is 37.9 Å². The van der Waals surface area contributed by atoms with E-state index in [0.717, 1.165) is 38.9 Å². The topological polar surface area (TPSA) is 66.4 Å². The first kappa shape index (κ1) is 13.2. The van der Waals surface area contributed by atoms with Crippen LogP contribution in [0.2, 0.25) is 0 Å². The molecule has 0 bridgehead atoms. The summed E-state index contributed by atoms with van der Waals surface area (Å²) in [6.07, 6.45) is 4.74. The highest BCUT2D eigenvalue weighted by Gasteiger charge is 2.45. The molecule has 1 spiro atoms. The Balaban J connectivity index is 1.79. The Bertz CT molecular complexity index is 569. The summed E-state index contributed by atoms with van der Waals surface area (Å²) in [6.45, 7) is 2.57. The van der Waals surface area contributed by atoms with Crippen LogP contribution in [0.5, 0.6) is 0 Å². The molecule has 0 aromatic carbocycles. The van der Waals surface area contributed by atoms with Gasteiger partial charge in [-0.15, -0.1) is 0 Å². The highest BCUT2D eigenvalue weighted by Crippen LogP contribution is 2.34. The van der Waals surface area contributed by atoms with Crippen LogP contribution in [0, 0.1) is 0 Å². The van der Waals surface area contributed by atoms with Crippen molar-refractivity contribution in [2.45, 2.75) is 24.8 Å². The third-order valence-electron chi connectivity index (χ3n) is 4.43. The maximum absolute atomic E-state index is 12.5. The fraction of sp³-hybridized carbons (Fsp3) is 0.571. The number of nitrogens with zero attached hydrogens (tertiary/aromatic N) is 2. The normalized spacial score (nSPS) is 25.4. The minimum absolute atomic E-state index is 0.0515. The fourth-order valence-electron chi connectivity index (χ4n) is 3.30. The number of aryl methyl sites for hydroxylation is 1. The molecule has 2 saturated heterocycles. The second-order valence-electron chi connectivity index (χ2n) is 5.67. The SMILES string of the molecule is Cn1cccc(NC(=O)N2CCCC23CCNC3)c1=O. The van der Waals surface area contributed by atoms with Crippen molar-refractivity contribution in [2.24, 2.45) is 7.05 Å². The highest BCUT2D eigenvalue weighted by molar-refractivity contribution is 5.90. The fourth-order valence-corrected chi connectivity index (χ4v) is 3.30. The largest absolute Gasteiger partial charge is 0.322 e. The molecule has 108 valence electrons. The van der Waals surface area contributed by atoms with Gasteiger partial charge >= 0.3 is 6.03 Å². The molecule has 1 unspecified atom stereocenters.